The van der Waals surface area contributed by atoms with Gasteiger partial charge in [-0.3, -0.25) is 0 Å². The van der Waals surface area contributed by atoms with E-state index in [4.69, 9.17) is 5.73 Å². The Labute approximate surface area is 112 Å². The second-order valence-electron chi connectivity index (χ2n) is 5.00. The van der Waals surface area contributed by atoms with Crippen LogP contribution < -0.4 is 5.73 Å². The van der Waals surface area contributed by atoms with Crippen LogP contribution in [0.1, 0.15) is 35.9 Å². The van der Waals surface area contributed by atoms with Crippen LogP contribution in [0, 0.1) is 0 Å². The van der Waals surface area contributed by atoms with E-state index in [1.807, 2.05) is 22.7 Å². The topological polar surface area (TPSA) is 77.5 Å². The molecule has 19 heavy (non-hydrogen) atoms. The van der Waals surface area contributed by atoms with Crippen molar-refractivity contribution in [3.63, 3.8) is 0 Å². The number of aromatic nitrogens is 2. The Morgan fingerprint density at radius 1 is 1.37 bits per heavy atom. The third-order valence-electron chi connectivity index (χ3n) is 3.72. The number of fused-ring (bicyclic) bond motifs is 1. The highest BCUT2D eigenvalue weighted by molar-refractivity contribution is 7.91. The van der Waals surface area contributed by atoms with Gasteiger partial charge in [-0.2, -0.15) is 0 Å². The van der Waals surface area contributed by atoms with Crippen molar-refractivity contribution in [1.29, 1.82) is 0 Å². The monoisotopic (exact) mass is 279 g/mol. The highest BCUT2D eigenvalue weighted by atomic mass is 32.2. The number of hydrogen-bond donors (Lipinski definition) is 1. The maximum absolute atomic E-state index is 12.2. The van der Waals surface area contributed by atoms with Gasteiger partial charge in [0, 0.05) is 12.7 Å². The molecule has 5 nitrogen and oxygen atoms in total. The number of nitrogens with zero attached hydrogens (tertiary/aromatic N) is 2. The second-order valence-corrected chi connectivity index (χ2v) is 7.31. The fraction of sp³-hybridized carbons (Fsp3) is 0.462. The van der Waals surface area contributed by atoms with Gasteiger partial charge in [-0.25, -0.2) is 13.4 Å². The molecular weight excluding hydrogens is 262 g/mol. The lowest BCUT2D eigenvalue weighted by Crippen LogP contribution is -2.23. The van der Waals surface area contributed by atoms with E-state index >= 15 is 0 Å². The van der Waals surface area contributed by atoms with Gasteiger partial charge < -0.3 is 10.1 Å². The van der Waals surface area contributed by atoms with E-state index in [1.54, 1.807) is 6.20 Å². The SMILES string of the molecule is NCc1ccc2cnc(C3CCCCS3(=O)=O)n2c1. The summed E-state index contributed by atoms with van der Waals surface area (Å²) in [6.07, 6.45) is 5.97. The van der Waals surface area contributed by atoms with Gasteiger partial charge >= 0.3 is 0 Å². The van der Waals surface area contributed by atoms with Gasteiger partial charge in [0.2, 0.25) is 0 Å². The maximum atomic E-state index is 12.2. The largest absolute Gasteiger partial charge is 0.326 e. The predicted octanol–water partition coefficient (Wildman–Crippen LogP) is 1.43. The molecule has 3 rings (SSSR count). The van der Waals surface area contributed by atoms with E-state index in [9.17, 15) is 8.42 Å². The van der Waals surface area contributed by atoms with E-state index in [2.05, 4.69) is 4.98 Å². The van der Waals surface area contributed by atoms with Crippen molar-refractivity contribution in [1.82, 2.24) is 9.38 Å². The summed E-state index contributed by atoms with van der Waals surface area (Å²) in [5.74, 6) is 0.897. The Morgan fingerprint density at radius 2 is 2.21 bits per heavy atom. The third kappa shape index (κ3) is 2.15. The molecule has 0 aliphatic carbocycles. The summed E-state index contributed by atoms with van der Waals surface area (Å²) >= 11 is 0. The number of sulfone groups is 1. The lowest BCUT2D eigenvalue weighted by molar-refractivity contribution is 0.538. The van der Waals surface area contributed by atoms with Crippen LogP contribution >= 0.6 is 0 Å². The van der Waals surface area contributed by atoms with Crippen molar-refractivity contribution >= 4 is 15.4 Å². The minimum absolute atomic E-state index is 0.267. The molecule has 2 aromatic rings. The molecule has 0 aromatic carbocycles. The first-order chi connectivity index (χ1) is 9.12. The van der Waals surface area contributed by atoms with Crippen LogP contribution in [-0.2, 0) is 16.4 Å². The Hall–Kier alpha value is -1.40. The number of nitrogens with two attached hydrogens (primary N) is 1. The summed E-state index contributed by atoms with van der Waals surface area (Å²) in [4.78, 5) is 4.33. The minimum Gasteiger partial charge on any atom is -0.326 e. The molecule has 0 amide bonds. The van der Waals surface area contributed by atoms with Crippen LogP contribution in [0.3, 0.4) is 0 Å². The fourth-order valence-electron chi connectivity index (χ4n) is 2.66. The normalized spacial score (nSPS) is 22.7. The standard InChI is InChI=1S/C13H17N3O2S/c14-7-10-4-5-11-8-15-13(16(11)9-10)12-3-1-2-6-19(12,17)18/h4-5,8-9,12H,1-3,6-7,14H2. The molecule has 1 saturated heterocycles. The molecule has 0 saturated carbocycles. The highest BCUT2D eigenvalue weighted by Gasteiger charge is 2.33. The summed E-state index contributed by atoms with van der Waals surface area (Å²) < 4.78 is 26.3. The van der Waals surface area contributed by atoms with Crippen LogP contribution in [0.25, 0.3) is 5.52 Å². The molecule has 0 spiro atoms. The average molecular weight is 279 g/mol. The Bertz CT molecular complexity index is 706. The summed E-state index contributed by atoms with van der Waals surface area (Å²) in [6, 6.07) is 3.87. The van der Waals surface area contributed by atoms with Crippen molar-refractivity contribution in [3.05, 3.63) is 35.9 Å². The summed E-state index contributed by atoms with van der Waals surface area (Å²) in [5, 5.41) is -0.475. The van der Waals surface area contributed by atoms with Crippen molar-refractivity contribution in [3.8, 4) is 0 Å². The van der Waals surface area contributed by atoms with E-state index in [0.717, 1.165) is 23.9 Å². The smallest absolute Gasteiger partial charge is 0.160 e. The Morgan fingerprint density at radius 3 is 2.95 bits per heavy atom. The first kappa shape index (κ1) is 12.6. The molecule has 1 aliphatic heterocycles. The van der Waals surface area contributed by atoms with Crippen LogP contribution in [0.2, 0.25) is 0 Å². The van der Waals surface area contributed by atoms with Crippen molar-refractivity contribution in [2.45, 2.75) is 31.1 Å². The molecule has 0 radical (unpaired) electrons. The van der Waals surface area contributed by atoms with Crippen molar-refractivity contribution < 1.29 is 8.42 Å². The van der Waals surface area contributed by atoms with Crippen LogP contribution in [-0.4, -0.2) is 23.6 Å². The highest BCUT2D eigenvalue weighted by Crippen LogP contribution is 2.32. The zero-order valence-corrected chi connectivity index (χ0v) is 11.4. The molecule has 1 aliphatic rings. The first-order valence-corrected chi connectivity index (χ1v) is 8.21. The fourth-order valence-corrected chi connectivity index (χ4v) is 4.57. The number of rotatable bonds is 2. The molecule has 1 unspecified atom stereocenters. The van der Waals surface area contributed by atoms with Crippen LogP contribution in [0.4, 0.5) is 0 Å². The first-order valence-electron chi connectivity index (χ1n) is 6.49. The van der Waals surface area contributed by atoms with Gasteiger partial charge in [-0.05, 0) is 24.5 Å². The van der Waals surface area contributed by atoms with Gasteiger partial charge in [-0.1, -0.05) is 12.5 Å². The van der Waals surface area contributed by atoms with Gasteiger partial charge in [-0.15, -0.1) is 0 Å². The minimum atomic E-state index is -3.07. The van der Waals surface area contributed by atoms with Gasteiger partial charge in [0.25, 0.3) is 0 Å². The van der Waals surface area contributed by atoms with E-state index in [0.29, 0.717) is 18.8 Å². The van der Waals surface area contributed by atoms with E-state index < -0.39 is 15.1 Å². The summed E-state index contributed by atoms with van der Waals surface area (Å²) in [5.41, 5.74) is 7.52. The van der Waals surface area contributed by atoms with Crippen LogP contribution in [0.15, 0.2) is 24.5 Å². The van der Waals surface area contributed by atoms with Crippen molar-refractivity contribution in [2.75, 3.05) is 5.75 Å². The molecule has 2 N–H and O–H groups in total. The summed E-state index contributed by atoms with van der Waals surface area (Å²) in [6.45, 7) is 0.435. The summed E-state index contributed by atoms with van der Waals surface area (Å²) in [7, 11) is -3.07. The van der Waals surface area contributed by atoms with Gasteiger partial charge in [0.1, 0.15) is 11.1 Å². The second kappa shape index (κ2) is 4.61. The number of pyridine rings is 1. The molecule has 1 fully saturated rings. The van der Waals surface area contributed by atoms with Gasteiger partial charge in [0.05, 0.1) is 17.5 Å². The molecule has 1 atom stereocenters. The Balaban J connectivity index is 2.14. The predicted molar refractivity (Wildman–Crippen MR) is 73.5 cm³/mol. The number of imidazole rings is 1. The van der Waals surface area contributed by atoms with E-state index in [1.165, 1.54) is 0 Å². The third-order valence-corrected chi connectivity index (χ3v) is 5.89. The number of hydrogen-bond acceptors (Lipinski definition) is 4. The average Bonchev–Trinajstić information content (AvgIpc) is 2.81. The quantitative estimate of drug-likeness (QED) is 0.902. The lowest BCUT2D eigenvalue weighted by Gasteiger charge is -2.21. The Kier molecular flexibility index (Phi) is 3.06. The maximum Gasteiger partial charge on any atom is 0.160 e. The zero-order valence-electron chi connectivity index (χ0n) is 10.6. The van der Waals surface area contributed by atoms with Crippen molar-refractivity contribution in [2.24, 2.45) is 5.73 Å². The molecule has 6 heteroatoms. The molecule has 3 heterocycles. The van der Waals surface area contributed by atoms with Crippen LogP contribution in [0.5, 0.6) is 0 Å². The molecular formula is C13H17N3O2S. The lowest BCUT2D eigenvalue weighted by atomic mass is 10.2. The zero-order chi connectivity index (χ0) is 13.5. The molecule has 2 aromatic heterocycles. The van der Waals surface area contributed by atoms with E-state index in [-0.39, 0.29) is 5.75 Å². The molecule has 0 bridgehead atoms. The van der Waals surface area contributed by atoms with Gasteiger partial charge in [0.15, 0.2) is 9.84 Å². The molecule has 102 valence electrons.